The molecule has 1 rings (SSSR count). The van der Waals surface area contributed by atoms with E-state index >= 15 is 0 Å². The fourth-order valence-electron chi connectivity index (χ4n) is 2.10. The Morgan fingerprint density at radius 3 is 2.74 bits per heavy atom. The van der Waals surface area contributed by atoms with Gasteiger partial charge in [0.1, 0.15) is 5.75 Å². The standard InChI is InChI=1S/C15H23NO3/c1-4-16(12(3)9-15(17)18)11-13-7-6-8-14(10-13)19-5-2/h6-8,10,12H,4-5,9,11H2,1-3H3,(H,17,18). The van der Waals surface area contributed by atoms with Crippen LogP contribution in [-0.4, -0.2) is 35.2 Å². The van der Waals surface area contributed by atoms with Crippen molar-refractivity contribution in [2.75, 3.05) is 13.2 Å². The number of rotatable bonds is 8. The summed E-state index contributed by atoms with van der Waals surface area (Å²) in [6.07, 6.45) is 0.166. The van der Waals surface area contributed by atoms with Crippen molar-refractivity contribution in [2.24, 2.45) is 0 Å². The average molecular weight is 265 g/mol. The highest BCUT2D eigenvalue weighted by molar-refractivity contribution is 5.67. The smallest absolute Gasteiger partial charge is 0.304 e. The Morgan fingerprint density at radius 1 is 1.42 bits per heavy atom. The van der Waals surface area contributed by atoms with Crippen LogP contribution in [0.15, 0.2) is 24.3 Å². The van der Waals surface area contributed by atoms with E-state index in [1.54, 1.807) is 0 Å². The van der Waals surface area contributed by atoms with Gasteiger partial charge in [-0.15, -0.1) is 0 Å². The summed E-state index contributed by atoms with van der Waals surface area (Å²) in [6, 6.07) is 7.98. The molecule has 1 N–H and O–H groups in total. The Balaban J connectivity index is 2.69. The van der Waals surface area contributed by atoms with Crippen molar-refractivity contribution in [3.05, 3.63) is 29.8 Å². The van der Waals surface area contributed by atoms with Crippen LogP contribution in [0.1, 0.15) is 32.8 Å². The van der Waals surface area contributed by atoms with E-state index < -0.39 is 5.97 Å². The van der Waals surface area contributed by atoms with E-state index in [0.717, 1.165) is 24.4 Å². The quantitative estimate of drug-likeness (QED) is 0.785. The van der Waals surface area contributed by atoms with Gasteiger partial charge in [0.05, 0.1) is 13.0 Å². The molecule has 0 heterocycles. The molecule has 0 fully saturated rings. The summed E-state index contributed by atoms with van der Waals surface area (Å²) in [5.74, 6) is 0.107. The lowest BCUT2D eigenvalue weighted by Gasteiger charge is -2.26. The molecule has 0 radical (unpaired) electrons. The predicted molar refractivity (Wildman–Crippen MR) is 75.4 cm³/mol. The Bertz CT molecular complexity index is 406. The zero-order valence-electron chi connectivity index (χ0n) is 11.9. The van der Waals surface area contributed by atoms with Crippen LogP contribution < -0.4 is 4.74 Å². The van der Waals surface area contributed by atoms with Crippen LogP contribution in [0.4, 0.5) is 0 Å². The van der Waals surface area contributed by atoms with Gasteiger partial charge in [0.25, 0.3) is 0 Å². The molecule has 0 aliphatic carbocycles. The number of nitrogens with zero attached hydrogens (tertiary/aromatic N) is 1. The molecule has 0 amide bonds. The maximum Gasteiger partial charge on any atom is 0.304 e. The fourth-order valence-corrected chi connectivity index (χ4v) is 2.10. The van der Waals surface area contributed by atoms with Crippen molar-refractivity contribution >= 4 is 5.97 Å². The highest BCUT2D eigenvalue weighted by Crippen LogP contribution is 2.16. The maximum absolute atomic E-state index is 10.8. The van der Waals surface area contributed by atoms with Crippen LogP contribution in [0.25, 0.3) is 0 Å². The minimum atomic E-state index is -0.756. The first-order chi connectivity index (χ1) is 9.06. The van der Waals surface area contributed by atoms with E-state index in [4.69, 9.17) is 9.84 Å². The maximum atomic E-state index is 10.8. The van der Waals surface area contributed by atoms with E-state index in [9.17, 15) is 4.79 Å². The lowest BCUT2D eigenvalue weighted by atomic mass is 10.1. The van der Waals surface area contributed by atoms with Gasteiger partial charge in [-0.3, -0.25) is 9.69 Å². The Labute approximate surface area is 115 Å². The molecule has 4 heteroatoms. The van der Waals surface area contributed by atoms with Gasteiger partial charge in [-0.1, -0.05) is 19.1 Å². The lowest BCUT2D eigenvalue weighted by molar-refractivity contribution is -0.138. The molecule has 0 saturated heterocycles. The molecule has 0 bridgehead atoms. The van der Waals surface area contributed by atoms with Gasteiger partial charge >= 0.3 is 5.97 Å². The van der Waals surface area contributed by atoms with Crippen LogP contribution in [0.5, 0.6) is 5.75 Å². The first-order valence-electron chi connectivity index (χ1n) is 6.74. The van der Waals surface area contributed by atoms with E-state index in [2.05, 4.69) is 4.90 Å². The first kappa shape index (κ1) is 15.5. The number of carboxylic acid groups (broad SMARTS) is 1. The number of aliphatic carboxylic acids is 1. The van der Waals surface area contributed by atoms with Gasteiger partial charge in [-0.2, -0.15) is 0 Å². The molecule has 0 aliphatic rings. The first-order valence-corrected chi connectivity index (χ1v) is 6.74. The topological polar surface area (TPSA) is 49.8 Å². The second-order valence-electron chi connectivity index (χ2n) is 4.59. The van der Waals surface area contributed by atoms with E-state index in [1.165, 1.54) is 0 Å². The van der Waals surface area contributed by atoms with E-state index in [-0.39, 0.29) is 12.5 Å². The number of carbonyl (C=O) groups is 1. The van der Waals surface area contributed by atoms with E-state index in [1.807, 2.05) is 45.0 Å². The van der Waals surface area contributed by atoms with E-state index in [0.29, 0.717) is 6.61 Å². The summed E-state index contributed by atoms with van der Waals surface area (Å²) < 4.78 is 5.47. The third kappa shape index (κ3) is 5.30. The zero-order chi connectivity index (χ0) is 14.3. The summed E-state index contributed by atoms with van der Waals surface area (Å²) in [6.45, 7) is 8.17. The number of carboxylic acids is 1. The molecule has 0 aromatic heterocycles. The molecule has 0 saturated carbocycles. The summed E-state index contributed by atoms with van der Waals surface area (Å²) >= 11 is 0. The van der Waals surface area contributed by atoms with Gasteiger partial charge in [-0.25, -0.2) is 0 Å². The summed E-state index contributed by atoms with van der Waals surface area (Å²) in [5, 5.41) is 8.86. The predicted octanol–water partition coefficient (Wildman–Crippen LogP) is 2.77. The molecule has 1 unspecified atom stereocenters. The number of hydrogen-bond donors (Lipinski definition) is 1. The molecule has 0 spiro atoms. The van der Waals surface area contributed by atoms with Gasteiger partial charge in [0.15, 0.2) is 0 Å². The third-order valence-corrected chi connectivity index (χ3v) is 3.09. The summed E-state index contributed by atoms with van der Waals surface area (Å²) in [5.41, 5.74) is 1.14. The molecular weight excluding hydrogens is 242 g/mol. The van der Waals surface area contributed by atoms with Crippen molar-refractivity contribution in [3.63, 3.8) is 0 Å². The second-order valence-corrected chi connectivity index (χ2v) is 4.59. The highest BCUT2D eigenvalue weighted by Gasteiger charge is 2.15. The van der Waals surface area contributed by atoms with Crippen molar-refractivity contribution in [3.8, 4) is 5.75 Å². The van der Waals surface area contributed by atoms with Crippen molar-refractivity contribution < 1.29 is 14.6 Å². The van der Waals surface area contributed by atoms with Gasteiger partial charge in [-0.05, 0) is 38.1 Å². The number of hydrogen-bond acceptors (Lipinski definition) is 3. The monoisotopic (exact) mass is 265 g/mol. The molecule has 106 valence electrons. The zero-order valence-corrected chi connectivity index (χ0v) is 11.9. The lowest BCUT2D eigenvalue weighted by Crippen LogP contribution is -2.34. The molecule has 1 aromatic rings. The second kappa shape index (κ2) is 7.79. The largest absolute Gasteiger partial charge is 0.494 e. The summed E-state index contributed by atoms with van der Waals surface area (Å²) in [4.78, 5) is 12.9. The molecule has 19 heavy (non-hydrogen) atoms. The minimum absolute atomic E-state index is 0.0262. The Hall–Kier alpha value is -1.55. The Kier molecular flexibility index (Phi) is 6.36. The molecule has 1 aromatic carbocycles. The summed E-state index contributed by atoms with van der Waals surface area (Å²) in [7, 11) is 0. The van der Waals surface area contributed by atoms with Crippen LogP contribution >= 0.6 is 0 Å². The number of ether oxygens (including phenoxy) is 1. The van der Waals surface area contributed by atoms with Crippen LogP contribution in [-0.2, 0) is 11.3 Å². The van der Waals surface area contributed by atoms with Crippen molar-refractivity contribution in [1.29, 1.82) is 0 Å². The Morgan fingerprint density at radius 2 is 2.16 bits per heavy atom. The van der Waals surface area contributed by atoms with Crippen molar-refractivity contribution in [2.45, 2.75) is 39.8 Å². The number of benzene rings is 1. The molecule has 1 atom stereocenters. The fraction of sp³-hybridized carbons (Fsp3) is 0.533. The average Bonchev–Trinajstić information content (AvgIpc) is 2.36. The minimum Gasteiger partial charge on any atom is -0.494 e. The van der Waals surface area contributed by atoms with Gasteiger partial charge < -0.3 is 9.84 Å². The highest BCUT2D eigenvalue weighted by atomic mass is 16.5. The molecule has 0 aliphatic heterocycles. The third-order valence-electron chi connectivity index (χ3n) is 3.09. The molecular formula is C15H23NO3. The normalized spacial score (nSPS) is 12.4. The SMILES string of the molecule is CCOc1cccc(CN(CC)C(C)CC(=O)O)c1. The van der Waals surface area contributed by atoms with Gasteiger partial charge in [0.2, 0.25) is 0 Å². The van der Waals surface area contributed by atoms with Gasteiger partial charge in [0, 0.05) is 12.6 Å². The molecule has 4 nitrogen and oxygen atoms in total. The van der Waals surface area contributed by atoms with Crippen LogP contribution in [0.2, 0.25) is 0 Å². The van der Waals surface area contributed by atoms with Crippen LogP contribution in [0, 0.1) is 0 Å². The van der Waals surface area contributed by atoms with Crippen LogP contribution in [0.3, 0.4) is 0 Å². The van der Waals surface area contributed by atoms with Crippen molar-refractivity contribution in [1.82, 2.24) is 4.90 Å².